The third-order valence-electron chi connectivity index (χ3n) is 4.13. The van der Waals surface area contributed by atoms with Crippen LogP contribution in [0.5, 0.6) is 11.5 Å². The van der Waals surface area contributed by atoms with Crippen LogP contribution in [0.15, 0.2) is 84.0 Å². The van der Waals surface area contributed by atoms with Crippen LogP contribution in [0.1, 0.15) is 6.42 Å². The van der Waals surface area contributed by atoms with Crippen molar-refractivity contribution >= 4 is 40.2 Å². The molecule has 0 aliphatic carbocycles. The fourth-order valence-electron chi connectivity index (χ4n) is 2.73. The molecule has 1 fully saturated rings. The van der Waals surface area contributed by atoms with Gasteiger partial charge in [0.15, 0.2) is 11.0 Å². The minimum atomic E-state index is -0.534. The molecule has 1 aromatic heterocycles. The average Bonchev–Trinajstić information content (AvgIpc) is 3.09. The summed E-state index contributed by atoms with van der Waals surface area (Å²) in [5, 5.41) is 5.40. The van der Waals surface area contributed by atoms with Gasteiger partial charge in [-0.3, -0.25) is 9.59 Å². The van der Waals surface area contributed by atoms with Crippen LogP contribution in [0.25, 0.3) is 0 Å². The van der Waals surface area contributed by atoms with E-state index >= 15 is 0 Å². The van der Waals surface area contributed by atoms with Crippen molar-refractivity contribution in [2.45, 2.75) is 11.7 Å². The van der Waals surface area contributed by atoms with Crippen molar-refractivity contribution in [1.29, 1.82) is 0 Å². The van der Waals surface area contributed by atoms with Gasteiger partial charge in [-0.15, -0.1) is 0 Å². The molecule has 1 atom stereocenters. The summed E-state index contributed by atoms with van der Waals surface area (Å²) in [4.78, 5) is 32.9. The lowest BCUT2D eigenvalue weighted by atomic mass is 10.2. The Morgan fingerprint density at radius 1 is 1.03 bits per heavy atom. The minimum absolute atomic E-state index is 0.0417. The van der Waals surface area contributed by atoms with Gasteiger partial charge in [0.05, 0.1) is 0 Å². The first-order chi connectivity index (χ1) is 14.7. The van der Waals surface area contributed by atoms with Gasteiger partial charge in [-0.1, -0.05) is 36.0 Å². The Hall–Kier alpha value is -3.65. The van der Waals surface area contributed by atoms with E-state index in [1.807, 2.05) is 36.4 Å². The fourth-order valence-corrected chi connectivity index (χ4v) is 3.70. The van der Waals surface area contributed by atoms with Crippen LogP contribution < -0.4 is 15.4 Å². The molecule has 2 N–H and O–H groups in total. The number of aromatic nitrogens is 1. The van der Waals surface area contributed by atoms with Crippen molar-refractivity contribution in [3.63, 3.8) is 0 Å². The molecule has 1 aliphatic rings. The summed E-state index contributed by atoms with van der Waals surface area (Å²) in [7, 11) is 0. The monoisotopic (exact) mass is 418 g/mol. The number of hydrogen-bond acceptors (Lipinski definition) is 6. The fraction of sp³-hybridized carbons (Fsp3) is 0.0909. The van der Waals surface area contributed by atoms with Gasteiger partial charge in [0.25, 0.3) is 0 Å². The van der Waals surface area contributed by atoms with E-state index in [9.17, 15) is 9.59 Å². The van der Waals surface area contributed by atoms with E-state index in [0.717, 1.165) is 5.75 Å². The largest absolute Gasteiger partial charge is 0.457 e. The molecule has 30 heavy (non-hydrogen) atoms. The lowest BCUT2D eigenvalue weighted by Crippen LogP contribution is -2.28. The van der Waals surface area contributed by atoms with Crippen LogP contribution in [0.4, 0.5) is 11.5 Å². The molecule has 2 aromatic carbocycles. The van der Waals surface area contributed by atoms with E-state index in [1.54, 1.807) is 42.6 Å². The molecule has 7 nitrogen and oxygen atoms in total. The first-order valence-electron chi connectivity index (χ1n) is 9.26. The molecule has 3 aromatic rings. The number of nitrogens with one attached hydrogen (secondary N) is 2. The van der Waals surface area contributed by atoms with Gasteiger partial charge < -0.3 is 15.4 Å². The number of nitrogens with zero attached hydrogens (tertiary/aromatic N) is 2. The van der Waals surface area contributed by atoms with E-state index in [0.29, 0.717) is 22.4 Å². The van der Waals surface area contributed by atoms with E-state index in [2.05, 4.69) is 20.6 Å². The minimum Gasteiger partial charge on any atom is -0.457 e. The van der Waals surface area contributed by atoms with Crippen molar-refractivity contribution in [2.24, 2.45) is 4.99 Å². The second-order valence-electron chi connectivity index (χ2n) is 6.39. The van der Waals surface area contributed by atoms with Gasteiger partial charge in [0, 0.05) is 18.3 Å². The number of hydrogen-bond donors (Lipinski definition) is 2. The third-order valence-corrected chi connectivity index (χ3v) is 5.21. The highest BCUT2D eigenvalue weighted by Gasteiger charge is 2.32. The zero-order valence-electron chi connectivity index (χ0n) is 15.8. The number of pyridine rings is 1. The number of ether oxygens (including phenoxy) is 1. The van der Waals surface area contributed by atoms with Gasteiger partial charge >= 0.3 is 0 Å². The topological polar surface area (TPSA) is 92.7 Å². The SMILES string of the molecule is O=C(CC1S/C(=N/c2ccccn2)NC1=O)Nc1ccc(Oc2ccccc2)cc1. The average molecular weight is 418 g/mol. The first kappa shape index (κ1) is 19.7. The molecular formula is C22H18N4O3S. The second-order valence-corrected chi connectivity index (χ2v) is 7.58. The number of rotatable bonds is 6. The molecule has 1 unspecified atom stereocenters. The molecule has 2 amide bonds. The maximum Gasteiger partial charge on any atom is 0.240 e. The number of para-hydroxylation sites is 1. The Kier molecular flexibility index (Phi) is 6.05. The molecular weight excluding hydrogens is 400 g/mol. The van der Waals surface area contributed by atoms with Gasteiger partial charge in [-0.05, 0) is 48.5 Å². The van der Waals surface area contributed by atoms with Crippen molar-refractivity contribution in [2.75, 3.05) is 5.32 Å². The number of amidine groups is 1. The third kappa shape index (κ3) is 5.24. The maximum absolute atomic E-state index is 12.4. The van der Waals surface area contributed by atoms with Gasteiger partial charge in [0.2, 0.25) is 11.8 Å². The van der Waals surface area contributed by atoms with Gasteiger partial charge in [-0.25, -0.2) is 9.98 Å². The number of carbonyl (C=O) groups excluding carboxylic acids is 2. The Labute approximate surface area is 177 Å². The quantitative estimate of drug-likeness (QED) is 0.628. The van der Waals surface area contributed by atoms with Crippen molar-refractivity contribution in [3.8, 4) is 11.5 Å². The highest BCUT2D eigenvalue weighted by Crippen LogP contribution is 2.26. The summed E-state index contributed by atoms with van der Waals surface area (Å²) in [5.41, 5.74) is 0.631. The molecule has 0 spiro atoms. The molecule has 1 aliphatic heterocycles. The van der Waals surface area contributed by atoms with Gasteiger partial charge in [0.1, 0.15) is 16.7 Å². The van der Waals surface area contributed by atoms with Crippen LogP contribution in [-0.4, -0.2) is 27.2 Å². The highest BCUT2D eigenvalue weighted by atomic mass is 32.2. The molecule has 2 heterocycles. The Balaban J connectivity index is 1.31. The van der Waals surface area contributed by atoms with Crippen LogP contribution >= 0.6 is 11.8 Å². The number of benzene rings is 2. The van der Waals surface area contributed by atoms with E-state index in [-0.39, 0.29) is 18.2 Å². The summed E-state index contributed by atoms with van der Waals surface area (Å²) >= 11 is 1.22. The predicted molar refractivity (Wildman–Crippen MR) is 117 cm³/mol. The zero-order chi connectivity index (χ0) is 20.8. The summed E-state index contributed by atoms with van der Waals surface area (Å²) < 4.78 is 5.73. The number of anilines is 1. The van der Waals surface area contributed by atoms with Crippen LogP contribution in [0.3, 0.4) is 0 Å². The van der Waals surface area contributed by atoms with E-state index < -0.39 is 5.25 Å². The first-order valence-corrected chi connectivity index (χ1v) is 10.1. The predicted octanol–water partition coefficient (Wildman–Crippen LogP) is 4.12. The molecule has 4 rings (SSSR count). The number of thioether (sulfide) groups is 1. The lowest BCUT2D eigenvalue weighted by Gasteiger charge is -2.09. The number of carbonyl (C=O) groups is 2. The standard InChI is InChI=1S/C22H18N4O3S/c27-20(14-18-21(28)26-22(30-18)25-19-8-4-5-13-23-19)24-15-9-11-17(12-10-15)29-16-6-2-1-3-7-16/h1-13,18H,14H2,(H,24,27)(H,23,25,26,28). The number of amides is 2. The van der Waals surface area contributed by atoms with Gasteiger partial charge in [-0.2, -0.15) is 0 Å². The number of aliphatic imine (C=N–C) groups is 1. The Morgan fingerprint density at radius 3 is 2.50 bits per heavy atom. The molecule has 150 valence electrons. The van der Waals surface area contributed by atoms with Crippen LogP contribution in [-0.2, 0) is 9.59 Å². The molecule has 0 bridgehead atoms. The van der Waals surface area contributed by atoms with E-state index in [4.69, 9.17) is 4.74 Å². The normalized spacial score (nSPS) is 16.9. The molecule has 0 saturated carbocycles. The van der Waals surface area contributed by atoms with Crippen molar-refractivity contribution in [1.82, 2.24) is 10.3 Å². The summed E-state index contributed by atoms with van der Waals surface area (Å²) in [5.74, 6) is 1.42. The van der Waals surface area contributed by atoms with Crippen LogP contribution in [0.2, 0.25) is 0 Å². The Bertz CT molecular complexity index is 1060. The van der Waals surface area contributed by atoms with E-state index in [1.165, 1.54) is 11.8 Å². The molecule has 8 heteroatoms. The smallest absolute Gasteiger partial charge is 0.240 e. The summed E-state index contributed by atoms with van der Waals surface area (Å²) in [6, 6.07) is 21.9. The summed E-state index contributed by atoms with van der Waals surface area (Å²) in [6.07, 6.45) is 1.67. The highest BCUT2D eigenvalue weighted by molar-refractivity contribution is 8.15. The van der Waals surface area contributed by atoms with Crippen molar-refractivity contribution < 1.29 is 14.3 Å². The molecule has 1 saturated heterocycles. The second kappa shape index (κ2) is 9.23. The summed E-state index contributed by atoms with van der Waals surface area (Å²) in [6.45, 7) is 0. The Morgan fingerprint density at radius 2 is 1.77 bits per heavy atom. The van der Waals surface area contributed by atoms with Crippen LogP contribution in [0, 0.1) is 0 Å². The molecule has 0 radical (unpaired) electrons. The lowest BCUT2D eigenvalue weighted by molar-refractivity contribution is -0.122. The maximum atomic E-state index is 12.4. The van der Waals surface area contributed by atoms with Crippen molar-refractivity contribution in [3.05, 3.63) is 79.0 Å². The zero-order valence-corrected chi connectivity index (χ0v) is 16.6.